The number of allylic oxidation sites excluding steroid dienone is 1. The van der Waals surface area contributed by atoms with Gasteiger partial charge in [-0.25, -0.2) is 0 Å². The summed E-state index contributed by atoms with van der Waals surface area (Å²) >= 11 is 6.39. The average Bonchev–Trinajstić information content (AvgIpc) is 3.11. The topological polar surface area (TPSA) is 131 Å². The lowest BCUT2D eigenvalue weighted by molar-refractivity contribution is -0.384. The Labute approximate surface area is 164 Å². The molecule has 1 aromatic heterocycles. The molecule has 4 rings (SSSR count). The predicted octanol–water partition coefficient (Wildman–Crippen LogP) is 3.86. The van der Waals surface area contributed by atoms with Crippen LogP contribution in [0.25, 0.3) is 11.3 Å². The molecular weight excluding hydrogens is 382 g/mol. The van der Waals surface area contributed by atoms with E-state index in [-0.39, 0.29) is 23.0 Å². The van der Waals surface area contributed by atoms with Gasteiger partial charge in [-0.1, -0.05) is 41.9 Å². The van der Waals surface area contributed by atoms with Gasteiger partial charge in [0.15, 0.2) is 0 Å². The summed E-state index contributed by atoms with van der Waals surface area (Å²) in [5.74, 6) is -0.490. The zero-order valence-electron chi connectivity index (χ0n) is 14.2. The molecule has 0 saturated heterocycles. The lowest BCUT2D eigenvalue weighted by Gasteiger charge is -2.24. The van der Waals surface area contributed by atoms with Crippen molar-refractivity contribution in [2.24, 2.45) is 5.73 Å². The molecule has 3 N–H and O–H groups in total. The minimum absolute atomic E-state index is 0.0583. The van der Waals surface area contributed by atoms with E-state index in [1.165, 1.54) is 12.1 Å². The number of halogens is 1. The number of hydrogen-bond donors (Lipinski definition) is 2. The van der Waals surface area contributed by atoms with Gasteiger partial charge in [-0.2, -0.15) is 5.26 Å². The molecule has 9 heteroatoms. The molecule has 1 atom stereocenters. The molecule has 1 aliphatic heterocycles. The van der Waals surface area contributed by atoms with E-state index >= 15 is 0 Å². The normalized spacial score (nSPS) is 15.5. The lowest BCUT2D eigenvalue weighted by Crippen LogP contribution is -2.21. The highest BCUT2D eigenvalue weighted by Gasteiger charge is 2.36. The van der Waals surface area contributed by atoms with Gasteiger partial charge in [0.2, 0.25) is 11.8 Å². The predicted molar refractivity (Wildman–Crippen MR) is 101 cm³/mol. The summed E-state index contributed by atoms with van der Waals surface area (Å²) in [6.45, 7) is 0. The number of nitro benzene ring substituents is 1. The number of aromatic amines is 1. The number of nitro groups is 1. The van der Waals surface area contributed by atoms with Gasteiger partial charge in [-0.05, 0) is 11.6 Å². The first-order valence-corrected chi connectivity index (χ1v) is 8.54. The maximum absolute atomic E-state index is 11.2. The zero-order valence-corrected chi connectivity index (χ0v) is 15.0. The standard InChI is InChI=1S/C19H12ClN5O3/c20-14-7-2-1-6-12(14)15-13(9-21)18(22)28-19-16(15)17(23-24-19)10-4-3-5-11(8-10)25(26)27/h1-8,15H,22H2,(H,23,24)/t15-/m1/s1. The molecule has 0 radical (unpaired) electrons. The Morgan fingerprint density at radius 3 is 2.79 bits per heavy atom. The fraction of sp³-hybridized carbons (Fsp3) is 0.0526. The summed E-state index contributed by atoms with van der Waals surface area (Å²) in [5, 5.41) is 28.3. The number of H-pyrrole nitrogens is 1. The van der Waals surface area contributed by atoms with Crippen molar-refractivity contribution in [3.63, 3.8) is 0 Å². The van der Waals surface area contributed by atoms with Crippen molar-refractivity contribution in [1.82, 2.24) is 10.2 Å². The highest BCUT2D eigenvalue weighted by atomic mass is 35.5. The summed E-state index contributed by atoms with van der Waals surface area (Å²) in [6, 6.07) is 15.3. The van der Waals surface area contributed by atoms with E-state index in [0.717, 1.165) is 0 Å². The number of rotatable bonds is 3. The average molecular weight is 394 g/mol. The van der Waals surface area contributed by atoms with Crippen LogP contribution in [0.3, 0.4) is 0 Å². The molecule has 28 heavy (non-hydrogen) atoms. The van der Waals surface area contributed by atoms with E-state index in [2.05, 4.69) is 16.3 Å². The van der Waals surface area contributed by atoms with Gasteiger partial charge in [-0.15, -0.1) is 5.10 Å². The number of nitrogens with one attached hydrogen (secondary N) is 1. The Balaban J connectivity index is 1.97. The third kappa shape index (κ3) is 2.74. The van der Waals surface area contributed by atoms with Crippen molar-refractivity contribution in [3.8, 4) is 23.2 Å². The molecular formula is C19H12ClN5O3. The molecule has 1 aliphatic rings. The molecule has 0 bridgehead atoms. The second-order valence-electron chi connectivity index (χ2n) is 6.07. The number of nitrogens with two attached hydrogens (primary N) is 1. The number of nitriles is 1. The first-order valence-electron chi connectivity index (χ1n) is 8.16. The first kappa shape index (κ1) is 17.6. The monoisotopic (exact) mass is 393 g/mol. The molecule has 0 unspecified atom stereocenters. The quantitative estimate of drug-likeness (QED) is 0.513. The molecule has 0 spiro atoms. The molecule has 2 aromatic carbocycles. The highest BCUT2D eigenvalue weighted by Crippen LogP contribution is 2.47. The number of non-ortho nitro benzene ring substituents is 1. The van der Waals surface area contributed by atoms with E-state index in [1.54, 1.807) is 36.4 Å². The summed E-state index contributed by atoms with van der Waals surface area (Å²) in [7, 11) is 0. The van der Waals surface area contributed by atoms with Crippen molar-refractivity contribution in [2.75, 3.05) is 0 Å². The summed E-state index contributed by atoms with van der Waals surface area (Å²) in [4.78, 5) is 10.7. The molecule has 0 saturated carbocycles. The van der Waals surface area contributed by atoms with E-state index < -0.39 is 10.8 Å². The van der Waals surface area contributed by atoms with Crippen molar-refractivity contribution in [2.45, 2.75) is 5.92 Å². The van der Waals surface area contributed by atoms with Crippen molar-refractivity contribution in [3.05, 3.63) is 86.3 Å². The van der Waals surface area contributed by atoms with Gasteiger partial charge >= 0.3 is 0 Å². The number of hydrogen-bond acceptors (Lipinski definition) is 6. The van der Waals surface area contributed by atoms with Crippen LogP contribution >= 0.6 is 11.6 Å². The lowest BCUT2D eigenvalue weighted by atomic mass is 9.83. The van der Waals surface area contributed by atoms with Gasteiger partial charge in [0.1, 0.15) is 11.6 Å². The molecule has 8 nitrogen and oxygen atoms in total. The maximum atomic E-state index is 11.2. The number of nitrogens with zero attached hydrogens (tertiary/aromatic N) is 3. The Morgan fingerprint density at radius 1 is 1.29 bits per heavy atom. The molecule has 2 heterocycles. The van der Waals surface area contributed by atoms with Crippen LogP contribution in [0.2, 0.25) is 5.02 Å². The second kappa shape index (κ2) is 6.72. The van der Waals surface area contributed by atoms with Crippen molar-refractivity contribution in [1.29, 1.82) is 5.26 Å². The van der Waals surface area contributed by atoms with Crippen LogP contribution in [0.15, 0.2) is 60.0 Å². The number of benzene rings is 2. The van der Waals surface area contributed by atoms with Crippen LogP contribution in [-0.4, -0.2) is 15.1 Å². The third-order valence-corrected chi connectivity index (χ3v) is 4.84. The van der Waals surface area contributed by atoms with Crippen molar-refractivity contribution < 1.29 is 9.66 Å². The summed E-state index contributed by atoms with van der Waals surface area (Å²) < 4.78 is 5.52. The van der Waals surface area contributed by atoms with Gasteiger partial charge in [0.05, 0.1) is 22.1 Å². The Morgan fingerprint density at radius 2 is 2.07 bits per heavy atom. The molecule has 138 valence electrons. The largest absolute Gasteiger partial charge is 0.420 e. The van der Waals surface area contributed by atoms with Gasteiger partial charge in [-0.3, -0.25) is 15.2 Å². The molecule has 0 amide bonds. The van der Waals surface area contributed by atoms with Crippen LogP contribution in [0.1, 0.15) is 17.0 Å². The summed E-state index contributed by atoms with van der Waals surface area (Å²) in [6.07, 6.45) is 0. The van der Waals surface area contributed by atoms with E-state index in [1.807, 2.05) is 0 Å². The minimum Gasteiger partial charge on any atom is -0.420 e. The van der Waals surface area contributed by atoms with Gasteiger partial charge < -0.3 is 10.5 Å². The van der Waals surface area contributed by atoms with Gasteiger partial charge in [0.25, 0.3) is 5.69 Å². The van der Waals surface area contributed by atoms with Crippen molar-refractivity contribution >= 4 is 17.3 Å². The second-order valence-corrected chi connectivity index (χ2v) is 6.48. The van der Waals surface area contributed by atoms with Crippen LogP contribution < -0.4 is 10.5 Å². The first-order chi connectivity index (χ1) is 13.5. The molecule has 0 fully saturated rings. The van der Waals surface area contributed by atoms with Crippen LogP contribution in [0.5, 0.6) is 5.88 Å². The van der Waals surface area contributed by atoms with E-state index in [4.69, 9.17) is 22.1 Å². The number of ether oxygens (including phenoxy) is 1. The van der Waals surface area contributed by atoms with Crippen LogP contribution in [0, 0.1) is 21.4 Å². The zero-order chi connectivity index (χ0) is 19.8. The fourth-order valence-electron chi connectivity index (χ4n) is 3.26. The van der Waals surface area contributed by atoms with Crippen LogP contribution in [-0.2, 0) is 0 Å². The third-order valence-electron chi connectivity index (χ3n) is 4.50. The molecule has 0 aliphatic carbocycles. The van der Waals surface area contributed by atoms with Crippen LogP contribution in [0.4, 0.5) is 5.69 Å². The highest BCUT2D eigenvalue weighted by molar-refractivity contribution is 6.31. The Bertz CT molecular complexity index is 1180. The fourth-order valence-corrected chi connectivity index (χ4v) is 3.51. The smallest absolute Gasteiger partial charge is 0.270 e. The number of aromatic nitrogens is 2. The maximum Gasteiger partial charge on any atom is 0.270 e. The number of fused-ring (bicyclic) bond motifs is 1. The SMILES string of the molecule is N#CC1=C(N)Oc2n[nH]c(-c3cccc([N+](=O)[O-])c3)c2[C@@H]1c1ccccc1Cl. The minimum atomic E-state index is -0.629. The Hall–Kier alpha value is -3.83. The van der Waals surface area contributed by atoms with E-state index in [0.29, 0.717) is 27.4 Å². The van der Waals surface area contributed by atoms with E-state index in [9.17, 15) is 15.4 Å². The van der Waals surface area contributed by atoms with Gasteiger partial charge in [0, 0.05) is 22.7 Å². The Kier molecular flexibility index (Phi) is 4.22. The summed E-state index contributed by atoms with van der Waals surface area (Å²) in [5.41, 5.74) is 8.28. The molecule has 3 aromatic rings.